The number of methoxy groups -OCH3 is 1. The molecule has 0 aliphatic rings. The van der Waals surface area contributed by atoms with Crippen molar-refractivity contribution < 1.29 is 14.3 Å². The summed E-state index contributed by atoms with van der Waals surface area (Å²) in [5, 5.41) is 10.7. The van der Waals surface area contributed by atoms with E-state index in [-0.39, 0.29) is 5.91 Å². The Labute approximate surface area is 256 Å². The number of anilines is 2. The second-order valence-corrected chi connectivity index (χ2v) is 11.2. The molecule has 0 saturated carbocycles. The highest BCUT2D eigenvalue weighted by Gasteiger charge is 2.12. The number of carbonyl (C=O) groups is 1. The molecule has 7 nitrogen and oxygen atoms in total. The van der Waals surface area contributed by atoms with E-state index >= 15 is 0 Å². The monoisotopic (exact) mass is 604 g/mol. The number of nitrogens with zero attached hydrogens (tertiary/aromatic N) is 2. The number of aryl methyl sites for hydroxylation is 1. The molecule has 42 heavy (non-hydrogen) atoms. The summed E-state index contributed by atoms with van der Waals surface area (Å²) in [7, 11) is 1.57. The summed E-state index contributed by atoms with van der Waals surface area (Å²) in [6, 6.07) is 18.9. The first-order valence-corrected chi connectivity index (χ1v) is 15.5. The zero-order valence-electron chi connectivity index (χ0n) is 24.3. The summed E-state index contributed by atoms with van der Waals surface area (Å²) in [6.07, 6.45) is 8.61. The topological polar surface area (TPSA) is 84.8 Å². The molecular weight excluding hydrogens is 568 g/mol. The van der Waals surface area contributed by atoms with E-state index in [2.05, 4.69) is 46.8 Å². The molecule has 4 rings (SSSR count). The molecule has 1 aromatic heterocycles. The number of unbranched alkanes of at least 4 members (excludes halogenated alkanes) is 5. The average Bonchev–Trinajstić information content (AvgIpc) is 3.47. The summed E-state index contributed by atoms with van der Waals surface area (Å²) >= 11 is 8.01. The van der Waals surface area contributed by atoms with Gasteiger partial charge in [-0.2, -0.15) is 5.10 Å². The van der Waals surface area contributed by atoms with E-state index in [4.69, 9.17) is 21.1 Å². The molecule has 1 amide bonds. The largest absolute Gasteiger partial charge is 0.493 e. The van der Waals surface area contributed by atoms with Crippen molar-refractivity contribution in [2.75, 3.05) is 19.0 Å². The Morgan fingerprint density at radius 1 is 1.02 bits per heavy atom. The fourth-order valence-corrected chi connectivity index (χ4v) is 5.27. The van der Waals surface area contributed by atoms with Crippen LogP contribution in [0.1, 0.15) is 66.9 Å². The highest BCUT2D eigenvalue weighted by Crippen LogP contribution is 2.36. The summed E-state index contributed by atoms with van der Waals surface area (Å²) in [5.74, 6) is 0.720. The first-order valence-electron chi connectivity index (χ1n) is 14.2. The van der Waals surface area contributed by atoms with Gasteiger partial charge in [0.2, 0.25) is 0 Å². The fourth-order valence-electron chi connectivity index (χ4n) is 4.26. The van der Waals surface area contributed by atoms with Gasteiger partial charge in [0.15, 0.2) is 16.6 Å². The molecular formula is C33H37ClN4O3S. The number of hydrazone groups is 1. The predicted molar refractivity (Wildman–Crippen MR) is 174 cm³/mol. The van der Waals surface area contributed by atoms with E-state index in [1.165, 1.54) is 48.8 Å². The second kappa shape index (κ2) is 15.9. The summed E-state index contributed by atoms with van der Waals surface area (Å²) < 4.78 is 11.4. The van der Waals surface area contributed by atoms with E-state index < -0.39 is 0 Å². The van der Waals surface area contributed by atoms with Crippen LogP contribution in [0.2, 0.25) is 5.02 Å². The average molecular weight is 605 g/mol. The van der Waals surface area contributed by atoms with Crippen molar-refractivity contribution in [2.45, 2.75) is 52.4 Å². The van der Waals surface area contributed by atoms with E-state index in [0.29, 0.717) is 34.3 Å². The minimum Gasteiger partial charge on any atom is -0.493 e. The zero-order chi connectivity index (χ0) is 29.7. The molecule has 0 bridgehead atoms. The Morgan fingerprint density at radius 3 is 2.50 bits per heavy atom. The first kappa shape index (κ1) is 31.1. The van der Waals surface area contributed by atoms with Crippen molar-refractivity contribution in [1.29, 1.82) is 0 Å². The molecule has 2 N–H and O–H groups in total. The highest BCUT2D eigenvalue weighted by atomic mass is 35.5. The number of ether oxygens (including phenoxy) is 2. The Kier molecular flexibility index (Phi) is 11.8. The maximum Gasteiger partial charge on any atom is 0.271 e. The van der Waals surface area contributed by atoms with Crippen LogP contribution in [0, 0.1) is 6.92 Å². The number of benzene rings is 3. The molecule has 3 aromatic carbocycles. The van der Waals surface area contributed by atoms with Crippen LogP contribution in [-0.2, 0) is 0 Å². The summed E-state index contributed by atoms with van der Waals surface area (Å²) in [5.41, 5.74) is 7.68. The third-order valence-corrected chi connectivity index (χ3v) is 7.66. The number of nitrogens with one attached hydrogen (secondary N) is 2. The normalized spacial score (nSPS) is 11.0. The lowest BCUT2D eigenvalue weighted by atomic mass is 10.1. The molecule has 0 spiro atoms. The van der Waals surface area contributed by atoms with Crippen LogP contribution in [0.4, 0.5) is 10.8 Å². The third-order valence-electron chi connectivity index (χ3n) is 6.63. The van der Waals surface area contributed by atoms with Crippen LogP contribution in [0.15, 0.2) is 71.1 Å². The minimum atomic E-state index is -0.324. The minimum absolute atomic E-state index is 0.324. The Hall–Kier alpha value is -3.88. The van der Waals surface area contributed by atoms with Gasteiger partial charge < -0.3 is 14.8 Å². The van der Waals surface area contributed by atoms with Gasteiger partial charge in [0, 0.05) is 22.2 Å². The lowest BCUT2D eigenvalue weighted by molar-refractivity contribution is 0.0955. The molecule has 0 aliphatic heterocycles. The van der Waals surface area contributed by atoms with Crippen LogP contribution in [0.5, 0.6) is 11.5 Å². The maximum absolute atomic E-state index is 12.7. The Balaban J connectivity index is 1.29. The van der Waals surface area contributed by atoms with Crippen molar-refractivity contribution >= 4 is 45.9 Å². The number of hydrogen-bond acceptors (Lipinski definition) is 7. The van der Waals surface area contributed by atoms with E-state index in [9.17, 15) is 4.79 Å². The summed E-state index contributed by atoms with van der Waals surface area (Å²) in [6.45, 7) is 4.85. The molecule has 9 heteroatoms. The van der Waals surface area contributed by atoms with Gasteiger partial charge in [0.1, 0.15) is 0 Å². The standard InChI is InChI=1S/C33H37ClN4O3S/c1-4-5-6-7-8-9-18-41-31-28(34)19-24(20-30(31)40-3)21-35-38-32(39)26-14-12-25(13-15-26)29-22-42-33(37-29)36-27-16-10-23(2)11-17-27/h10-17,19-22H,4-9,18H2,1-3H3,(H,36,37)(H,38,39)/b35-21+. The molecule has 0 atom stereocenters. The highest BCUT2D eigenvalue weighted by molar-refractivity contribution is 7.14. The van der Waals surface area contributed by atoms with Crippen LogP contribution < -0.4 is 20.2 Å². The van der Waals surface area contributed by atoms with Gasteiger partial charge in [-0.1, -0.05) is 80.5 Å². The van der Waals surface area contributed by atoms with E-state index in [0.717, 1.165) is 34.9 Å². The first-order chi connectivity index (χ1) is 20.5. The molecule has 0 saturated heterocycles. The van der Waals surface area contributed by atoms with Crippen LogP contribution in [-0.4, -0.2) is 30.8 Å². The van der Waals surface area contributed by atoms with Gasteiger partial charge >= 0.3 is 0 Å². The van der Waals surface area contributed by atoms with Crippen molar-refractivity contribution in [3.63, 3.8) is 0 Å². The molecule has 0 aliphatic carbocycles. The zero-order valence-corrected chi connectivity index (χ0v) is 25.9. The fraction of sp³-hybridized carbons (Fsp3) is 0.303. The Bertz CT molecular complexity index is 1470. The van der Waals surface area contributed by atoms with Crippen molar-refractivity contribution in [1.82, 2.24) is 10.4 Å². The number of hydrogen-bond donors (Lipinski definition) is 2. The third kappa shape index (κ3) is 9.06. The molecule has 4 aromatic rings. The lowest BCUT2D eigenvalue weighted by Crippen LogP contribution is -2.17. The van der Waals surface area contributed by atoms with E-state index in [1.807, 2.05) is 29.6 Å². The number of rotatable bonds is 15. The Morgan fingerprint density at radius 2 is 1.76 bits per heavy atom. The maximum atomic E-state index is 12.7. The molecule has 0 fully saturated rings. The molecule has 0 radical (unpaired) electrons. The predicted octanol–water partition coefficient (Wildman–Crippen LogP) is 9.03. The molecule has 1 heterocycles. The lowest BCUT2D eigenvalue weighted by Gasteiger charge is -2.13. The second-order valence-electron chi connectivity index (χ2n) is 9.96. The smallest absolute Gasteiger partial charge is 0.271 e. The van der Waals surface area contributed by atoms with Gasteiger partial charge in [-0.15, -0.1) is 11.3 Å². The number of thiazole rings is 1. The number of amides is 1. The van der Waals surface area contributed by atoms with Gasteiger partial charge in [-0.25, -0.2) is 10.4 Å². The number of halogens is 1. The van der Waals surface area contributed by atoms with Crippen molar-refractivity contribution in [2.24, 2.45) is 5.10 Å². The van der Waals surface area contributed by atoms with Gasteiger partial charge in [0.05, 0.1) is 30.6 Å². The van der Waals surface area contributed by atoms with Gasteiger partial charge in [-0.05, 0) is 55.3 Å². The number of aromatic nitrogens is 1. The quantitative estimate of drug-likeness (QED) is 0.0803. The molecule has 0 unspecified atom stereocenters. The van der Waals surface area contributed by atoms with Gasteiger partial charge in [0.25, 0.3) is 5.91 Å². The van der Waals surface area contributed by atoms with E-state index in [1.54, 1.807) is 31.4 Å². The summed E-state index contributed by atoms with van der Waals surface area (Å²) in [4.78, 5) is 17.3. The van der Waals surface area contributed by atoms with Crippen molar-refractivity contribution in [3.8, 4) is 22.8 Å². The van der Waals surface area contributed by atoms with Crippen LogP contribution in [0.25, 0.3) is 11.3 Å². The van der Waals surface area contributed by atoms with Crippen LogP contribution >= 0.6 is 22.9 Å². The SMILES string of the molecule is CCCCCCCCOc1c(Cl)cc(/C=N/NC(=O)c2ccc(-c3csc(Nc4ccc(C)cc4)n3)cc2)cc1OC. The molecule has 220 valence electrons. The van der Waals surface area contributed by atoms with Crippen molar-refractivity contribution in [3.05, 3.63) is 87.8 Å². The van der Waals surface area contributed by atoms with Crippen LogP contribution in [0.3, 0.4) is 0 Å². The van der Waals surface area contributed by atoms with Gasteiger partial charge in [-0.3, -0.25) is 4.79 Å². The number of carbonyl (C=O) groups excluding carboxylic acids is 1.